The number of hydrogen-bond donors (Lipinski definition) is 0. The maximum absolute atomic E-state index is 6.29. The van der Waals surface area contributed by atoms with Crippen LogP contribution >= 0.6 is 34.5 Å². The van der Waals surface area contributed by atoms with Crippen molar-refractivity contribution in [3.63, 3.8) is 0 Å². The summed E-state index contributed by atoms with van der Waals surface area (Å²) in [6.45, 7) is 0. The van der Waals surface area contributed by atoms with E-state index in [2.05, 4.69) is 0 Å². The van der Waals surface area contributed by atoms with Crippen molar-refractivity contribution < 1.29 is 0 Å². The van der Waals surface area contributed by atoms with E-state index >= 15 is 0 Å². The van der Waals surface area contributed by atoms with Crippen LogP contribution in [-0.4, -0.2) is 0 Å². The number of halogens is 2. The molecule has 1 heterocycles. The summed E-state index contributed by atoms with van der Waals surface area (Å²) in [5.74, 6) is 0.848. The summed E-state index contributed by atoms with van der Waals surface area (Å²) in [6, 6.07) is 1.93. The molecular formula is C10H12Cl2S. The molecular weight excluding hydrogens is 223 g/mol. The topological polar surface area (TPSA) is 0 Å². The molecule has 0 radical (unpaired) electrons. The smallest absolute Gasteiger partial charge is 0.0696 e. The first-order chi connectivity index (χ1) is 6.27. The van der Waals surface area contributed by atoms with Gasteiger partial charge in [-0.05, 0) is 23.8 Å². The van der Waals surface area contributed by atoms with Crippen LogP contribution < -0.4 is 0 Å². The van der Waals surface area contributed by atoms with E-state index in [1.807, 2.05) is 11.4 Å². The molecule has 1 atom stereocenters. The molecule has 0 saturated heterocycles. The van der Waals surface area contributed by atoms with Gasteiger partial charge in [-0.1, -0.05) is 30.9 Å². The van der Waals surface area contributed by atoms with Gasteiger partial charge in [0.15, 0.2) is 0 Å². The first-order valence-electron chi connectivity index (χ1n) is 4.64. The van der Waals surface area contributed by atoms with Crippen LogP contribution in [0.2, 0.25) is 5.02 Å². The van der Waals surface area contributed by atoms with Crippen molar-refractivity contribution in [2.75, 3.05) is 0 Å². The highest BCUT2D eigenvalue weighted by molar-refractivity contribution is 7.11. The third kappa shape index (κ3) is 2.20. The molecule has 0 aromatic carbocycles. The summed E-state index contributed by atoms with van der Waals surface area (Å²) in [5.41, 5.74) is 0. The Kier molecular flexibility index (Phi) is 3.18. The summed E-state index contributed by atoms with van der Waals surface area (Å²) in [7, 11) is 0. The van der Waals surface area contributed by atoms with E-state index in [1.54, 1.807) is 11.3 Å². The Bertz CT molecular complexity index is 278. The molecule has 1 aliphatic rings. The van der Waals surface area contributed by atoms with Crippen molar-refractivity contribution in [1.29, 1.82) is 0 Å². The number of alkyl halides is 1. The average molecular weight is 235 g/mol. The molecule has 0 spiro atoms. The van der Waals surface area contributed by atoms with Crippen LogP contribution in [-0.2, 0) is 0 Å². The van der Waals surface area contributed by atoms with Crippen LogP contribution in [0.3, 0.4) is 0 Å². The molecule has 13 heavy (non-hydrogen) atoms. The Morgan fingerprint density at radius 1 is 1.54 bits per heavy atom. The van der Waals surface area contributed by atoms with Gasteiger partial charge in [0, 0.05) is 4.88 Å². The summed E-state index contributed by atoms with van der Waals surface area (Å²) in [4.78, 5) is 1.15. The van der Waals surface area contributed by atoms with Crippen molar-refractivity contribution in [2.24, 2.45) is 5.92 Å². The fraction of sp³-hybridized carbons (Fsp3) is 0.600. The zero-order valence-corrected chi connectivity index (χ0v) is 9.63. The van der Waals surface area contributed by atoms with Gasteiger partial charge in [0.25, 0.3) is 0 Å². The lowest BCUT2D eigenvalue weighted by Crippen LogP contribution is -2.12. The Morgan fingerprint density at radius 3 is 2.77 bits per heavy atom. The second-order valence-corrected chi connectivity index (χ2v) is 5.51. The average Bonchev–Trinajstić information content (AvgIpc) is 2.43. The summed E-state index contributed by atoms with van der Waals surface area (Å²) < 4.78 is 0. The highest BCUT2D eigenvalue weighted by Gasteiger charge is 2.23. The number of thiophene rings is 1. The zero-order valence-electron chi connectivity index (χ0n) is 7.30. The van der Waals surface area contributed by atoms with Crippen LogP contribution in [0.5, 0.6) is 0 Å². The molecule has 1 fully saturated rings. The zero-order chi connectivity index (χ0) is 9.26. The van der Waals surface area contributed by atoms with E-state index in [1.165, 1.54) is 19.3 Å². The molecule has 72 valence electrons. The van der Waals surface area contributed by atoms with Crippen molar-refractivity contribution in [1.82, 2.24) is 0 Å². The normalized spacial score (nSPS) is 19.8. The van der Waals surface area contributed by atoms with E-state index in [4.69, 9.17) is 23.2 Å². The molecule has 3 heteroatoms. The Hall–Kier alpha value is 0.280. The minimum atomic E-state index is 0.137. The highest BCUT2D eigenvalue weighted by Crippen LogP contribution is 2.41. The summed E-state index contributed by atoms with van der Waals surface area (Å²) in [6.07, 6.45) is 5.19. The van der Waals surface area contributed by atoms with Gasteiger partial charge in [0.1, 0.15) is 0 Å². The second-order valence-electron chi connectivity index (χ2n) is 3.63. The van der Waals surface area contributed by atoms with E-state index in [0.29, 0.717) is 0 Å². The molecule has 0 aliphatic heterocycles. The predicted molar refractivity (Wildman–Crippen MR) is 59.9 cm³/mol. The van der Waals surface area contributed by atoms with Crippen LogP contribution in [0.1, 0.15) is 35.9 Å². The lowest BCUT2D eigenvalue weighted by atomic mass is 9.82. The highest BCUT2D eigenvalue weighted by atomic mass is 35.5. The van der Waals surface area contributed by atoms with E-state index in [-0.39, 0.29) is 5.38 Å². The molecule has 0 nitrogen and oxygen atoms in total. The first-order valence-corrected chi connectivity index (χ1v) is 6.33. The van der Waals surface area contributed by atoms with Gasteiger partial charge in [0.05, 0.1) is 10.4 Å². The van der Waals surface area contributed by atoms with Crippen molar-refractivity contribution in [2.45, 2.75) is 31.1 Å². The van der Waals surface area contributed by atoms with Gasteiger partial charge in [-0.25, -0.2) is 0 Å². The molecule has 2 rings (SSSR count). The molecule has 0 amide bonds. The Balaban J connectivity index is 1.96. The third-order valence-corrected chi connectivity index (χ3v) is 4.69. The number of rotatable bonds is 3. The quantitative estimate of drug-likeness (QED) is 0.655. The van der Waals surface area contributed by atoms with Gasteiger partial charge in [-0.3, -0.25) is 0 Å². The van der Waals surface area contributed by atoms with Gasteiger partial charge >= 0.3 is 0 Å². The minimum Gasteiger partial charge on any atom is -0.146 e. The molecule has 1 aromatic heterocycles. The molecule has 0 bridgehead atoms. The maximum atomic E-state index is 6.29. The monoisotopic (exact) mass is 234 g/mol. The van der Waals surface area contributed by atoms with E-state index in [0.717, 1.165) is 22.2 Å². The Labute approximate surface area is 92.9 Å². The van der Waals surface area contributed by atoms with E-state index in [9.17, 15) is 0 Å². The van der Waals surface area contributed by atoms with Gasteiger partial charge in [-0.2, -0.15) is 0 Å². The van der Waals surface area contributed by atoms with Crippen molar-refractivity contribution >= 4 is 34.5 Å². The van der Waals surface area contributed by atoms with Crippen LogP contribution in [0, 0.1) is 5.92 Å². The van der Waals surface area contributed by atoms with Gasteiger partial charge in [0.2, 0.25) is 0 Å². The molecule has 1 saturated carbocycles. The Morgan fingerprint density at radius 2 is 2.31 bits per heavy atom. The third-order valence-electron chi connectivity index (χ3n) is 2.69. The van der Waals surface area contributed by atoms with Crippen LogP contribution in [0.4, 0.5) is 0 Å². The SMILES string of the molecule is Clc1ccsc1C(Cl)CC1CCC1. The van der Waals surface area contributed by atoms with E-state index < -0.39 is 0 Å². The van der Waals surface area contributed by atoms with Crippen molar-refractivity contribution in [3.05, 3.63) is 21.3 Å². The fourth-order valence-corrected chi connectivity index (χ4v) is 3.42. The summed E-state index contributed by atoms with van der Waals surface area (Å²) in [5, 5.41) is 2.98. The second kappa shape index (κ2) is 4.20. The van der Waals surface area contributed by atoms with Gasteiger partial charge in [-0.15, -0.1) is 22.9 Å². The number of hydrogen-bond acceptors (Lipinski definition) is 1. The largest absolute Gasteiger partial charge is 0.146 e. The maximum Gasteiger partial charge on any atom is 0.0696 e. The van der Waals surface area contributed by atoms with Gasteiger partial charge < -0.3 is 0 Å². The predicted octanol–water partition coefficient (Wildman–Crippen LogP) is 4.87. The minimum absolute atomic E-state index is 0.137. The fourth-order valence-electron chi connectivity index (χ4n) is 1.66. The molecule has 0 N–H and O–H groups in total. The summed E-state index contributed by atoms with van der Waals surface area (Å²) >= 11 is 14.0. The van der Waals surface area contributed by atoms with Crippen LogP contribution in [0.25, 0.3) is 0 Å². The van der Waals surface area contributed by atoms with Crippen LogP contribution in [0.15, 0.2) is 11.4 Å². The lowest BCUT2D eigenvalue weighted by Gasteiger charge is -2.27. The molecule has 1 unspecified atom stereocenters. The first kappa shape index (κ1) is 9.82. The molecule has 1 aromatic rings. The standard InChI is InChI=1S/C10H12Cl2S/c11-8-4-5-13-10(8)9(12)6-7-2-1-3-7/h4-5,7,9H,1-3,6H2. The van der Waals surface area contributed by atoms with Crippen molar-refractivity contribution in [3.8, 4) is 0 Å². The molecule has 1 aliphatic carbocycles. The lowest BCUT2D eigenvalue weighted by molar-refractivity contribution is 0.294.